The third-order valence-electron chi connectivity index (χ3n) is 4.84. The van der Waals surface area contributed by atoms with Crippen LogP contribution in [0.15, 0.2) is 89.3 Å². The first-order valence-corrected chi connectivity index (χ1v) is 10.5. The molecule has 0 spiro atoms. The molecule has 2 aromatic carbocycles. The lowest BCUT2D eigenvalue weighted by Crippen LogP contribution is -2.04. The van der Waals surface area contributed by atoms with E-state index in [1.54, 1.807) is 18.5 Å². The van der Waals surface area contributed by atoms with Gasteiger partial charge in [-0.25, -0.2) is 0 Å². The molecule has 0 bridgehead atoms. The van der Waals surface area contributed by atoms with Crippen LogP contribution in [-0.2, 0) is 0 Å². The van der Waals surface area contributed by atoms with Gasteiger partial charge in [-0.05, 0) is 66.6 Å². The predicted molar refractivity (Wildman–Crippen MR) is 130 cm³/mol. The second-order valence-electron chi connectivity index (χ2n) is 7.11. The van der Waals surface area contributed by atoms with Crippen LogP contribution >= 0.6 is 11.6 Å². The van der Waals surface area contributed by atoms with Crippen molar-refractivity contribution in [3.05, 3.63) is 100 Å². The molecule has 0 atom stereocenters. The van der Waals surface area contributed by atoms with Crippen LogP contribution in [0, 0.1) is 0 Å². The summed E-state index contributed by atoms with van der Waals surface area (Å²) >= 11 is 6.05. The number of phenols is 1. The number of nitrogens with one attached hydrogen (secondary N) is 1. The molecule has 4 rings (SSSR count). The lowest BCUT2D eigenvalue weighted by molar-refractivity contribution is 0.474. The second-order valence-corrected chi connectivity index (χ2v) is 7.55. The Labute approximate surface area is 186 Å². The predicted octanol–water partition coefficient (Wildman–Crippen LogP) is 6.18. The van der Waals surface area contributed by atoms with Crippen LogP contribution in [0.1, 0.15) is 17.5 Å². The summed E-state index contributed by atoms with van der Waals surface area (Å²) in [5, 5.41) is 15.3. The summed E-state index contributed by atoms with van der Waals surface area (Å²) in [6, 6.07) is 13.2. The number of nitrogens with zero attached hydrogens (tertiary/aromatic N) is 2. The van der Waals surface area contributed by atoms with E-state index in [4.69, 9.17) is 11.6 Å². The maximum atomic E-state index is 10.1. The van der Waals surface area contributed by atoms with Crippen molar-refractivity contribution in [3.8, 4) is 5.75 Å². The fourth-order valence-electron chi connectivity index (χ4n) is 3.25. The average Bonchev–Trinajstić information content (AvgIpc) is 3.30. The molecule has 0 amide bonds. The maximum Gasteiger partial charge on any atom is 0.124 e. The van der Waals surface area contributed by atoms with Crippen LogP contribution in [0.25, 0.3) is 17.0 Å². The van der Waals surface area contributed by atoms with E-state index < -0.39 is 0 Å². The molecule has 5 heteroatoms. The van der Waals surface area contributed by atoms with Crippen molar-refractivity contribution in [1.29, 1.82) is 0 Å². The fraction of sp³-hybridized carbons (Fsp3) is 0.115. The molecular formula is C26H22ClN3O. The van der Waals surface area contributed by atoms with Gasteiger partial charge in [-0.2, -0.15) is 0 Å². The minimum Gasteiger partial charge on any atom is -0.507 e. The highest BCUT2D eigenvalue weighted by molar-refractivity contribution is 6.31. The van der Waals surface area contributed by atoms with Crippen molar-refractivity contribution in [1.82, 2.24) is 4.98 Å². The second kappa shape index (κ2) is 9.94. The van der Waals surface area contributed by atoms with E-state index in [0.717, 1.165) is 40.7 Å². The van der Waals surface area contributed by atoms with Crippen molar-refractivity contribution >= 4 is 40.5 Å². The van der Waals surface area contributed by atoms with Crippen LogP contribution in [0.3, 0.4) is 0 Å². The monoisotopic (exact) mass is 427 g/mol. The molecule has 0 aliphatic heterocycles. The smallest absolute Gasteiger partial charge is 0.124 e. The molecule has 1 aliphatic rings. The number of pyridine rings is 1. The highest BCUT2D eigenvalue weighted by Crippen LogP contribution is 2.24. The molecular weight excluding hydrogens is 406 g/mol. The normalized spacial score (nSPS) is 13.0. The summed E-state index contributed by atoms with van der Waals surface area (Å²) in [6.45, 7) is 1.44. The molecule has 0 saturated heterocycles. The number of rotatable bonds is 8. The van der Waals surface area contributed by atoms with E-state index >= 15 is 0 Å². The van der Waals surface area contributed by atoms with E-state index in [1.165, 1.54) is 0 Å². The fourth-order valence-corrected chi connectivity index (χ4v) is 3.41. The van der Waals surface area contributed by atoms with E-state index in [-0.39, 0.29) is 5.75 Å². The Hall–Kier alpha value is -3.59. The number of phenolic OH excluding ortho intramolecular Hbond substituents is 1. The van der Waals surface area contributed by atoms with E-state index in [9.17, 15) is 5.11 Å². The number of anilines is 1. The first kappa shape index (κ1) is 20.7. The number of allylic oxidation sites excluding steroid dienone is 4. The molecule has 4 nitrogen and oxygen atoms in total. The Morgan fingerprint density at radius 1 is 1.13 bits per heavy atom. The third kappa shape index (κ3) is 5.52. The number of halogens is 1. The van der Waals surface area contributed by atoms with Crippen LogP contribution in [-0.4, -0.2) is 29.4 Å². The van der Waals surface area contributed by atoms with Gasteiger partial charge in [0.1, 0.15) is 5.75 Å². The van der Waals surface area contributed by atoms with Gasteiger partial charge in [0.2, 0.25) is 0 Å². The lowest BCUT2D eigenvalue weighted by atomic mass is 10.1. The molecule has 1 aromatic heterocycles. The van der Waals surface area contributed by atoms with Crippen LogP contribution < -0.4 is 5.32 Å². The summed E-state index contributed by atoms with van der Waals surface area (Å²) < 4.78 is 0. The molecule has 1 heterocycles. The Morgan fingerprint density at radius 3 is 2.94 bits per heavy atom. The number of aromatic hydroxyl groups is 1. The zero-order valence-corrected chi connectivity index (χ0v) is 17.7. The number of benzene rings is 2. The molecule has 3 aromatic rings. The average molecular weight is 428 g/mol. The zero-order chi connectivity index (χ0) is 21.5. The van der Waals surface area contributed by atoms with Crippen molar-refractivity contribution in [2.75, 3.05) is 18.4 Å². The number of fused-ring (bicyclic) bond motifs is 1. The molecule has 0 radical (unpaired) electrons. The Kier molecular flexibility index (Phi) is 6.63. The number of aromatic nitrogens is 1. The largest absolute Gasteiger partial charge is 0.507 e. The van der Waals surface area contributed by atoms with Crippen molar-refractivity contribution in [3.63, 3.8) is 0 Å². The Balaban J connectivity index is 1.31. The molecule has 1 aliphatic carbocycles. The molecule has 154 valence electrons. The summed E-state index contributed by atoms with van der Waals surface area (Å²) in [5.74, 6) is 0.223. The Morgan fingerprint density at radius 2 is 2.06 bits per heavy atom. The van der Waals surface area contributed by atoms with Gasteiger partial charge in [0.25, 0.3) is 0 Å². The first-order chi connectivity index (χ1) is 15.2. The summed E-state index contributed by atoms with van der Waals surface area (Å²) in [5.41, 5.74) is 7.77. The van der Waals surface area contributed by atoms with E-state index in [1.807, 2.05) is 66.8 Å². The lowest BCUT2D eigenvalue weighted by Gasteiger charge is -2.09. The van der Waals surface area contributed by atoms with Gasteiger partial charge >= 0.3 is 0 Å². The van der Waals surface area contributed by atoms with Gasteiger partial charge in [-0.3, -0.25) is 9.98 Å². The van der Waals surface area contributed by atoms with Gasteiger partial charge in [0.05, 0.1) is 5.52 Å². The van der Waals surface area contributed by atoms with Crippen LogP contribution in [0.4, 0.5) is 5.69 Å². The summed E-state index contributed by atoms with van der Waals surface area (Å²) in [7, 11) is 0. The third-order valence-corrected chi connectivity index (χ3v) is 5.08. The summed E-state index contributed by atoms with van der Waals surface area (Å²) in [6.07, 6.45) is 14.2. The number of aliphatic imine (C=N–C) groups is 1. The molecule has 0 fully saturated rings. The van der Waals surface area contributed by atoms with Gasteiger partial charge in [0.15, 0.2) is 0 Å². The highest BCUT2D eigenvalue weighted by Gasteiger charge is 2.02. The van der Waals surface area contributed by atoms with E-state index in [2.05, 4.69) is 21.0 Å². The Bertz CT molecular complexity index is 1250. The highest BCUT2D eigenvalue weighted by atomic mass is 35.5. The minimum atomic E-state index is 0.223. The first-order valence-electron chi connectivity index (χ1n) is 10.1. The van der Waals surface area contributed by atoms with Gasteiger partial charge in [0, 0.05) is 52.7 Å². The van der Waals surface area contributed by atoms with Crippen molar-refractivity contribution in [2.24, 2.45) is 4.99 Å². The molecule has 31 heavy (non-hydrogen) atoms. The zero-order valence-electron chi connectivity index (χ0n) is 16.9. The summed E-state index contributed by atoms with van der Waals surface area (Å²) in [4.78, 5) is 8.83. The maximum absolute atomic E-state index is 10.1. The topological polar surface area (TPSA) is 57.5 Å². The number of hydrogen-bond donors (Lipinski definition) is 2. The molecule has 0 unspecified atom stereocenters. The van der Waals surface area contributed by atoms with Crippen LogP contribution in [0.2, 0.25) is 5.02 Å². The quantitative estimate of drug-likeness (QED) is 0.256. The van der Waals surface area contributed by atoms with Gasteiger partial charge < -0.3 is 10.4 Å². The van der Waals surface area contributed by atoms with E-state index in [0.29, 0.717) is 17.1 Å². The van der Waals surface area contributed by atoms with Crippen molar-refractivity contribution in [2.45, 2.75) is 6.42 Å². The molecule has 0 saturated carbocycles. The van der Waals surface area contributed by atoms with Gasteiger partial charge in [-0.15, -0.1) is 5.73 Å². The SMILES string of the molecule is Oc1ccc(/C=C/C2=C=CC=C2)cc1C=NCCCNc1ccnc2cc(Cl)ccc12. The standard InChI is InChI=1S/C26H22ClN3O/c27-22-9-10-23-24(12-15-30-25(23)17-22)29-14-3-13-28-18-21-16-20(8-11-26(21)31)7-6-19-4-1-2-5-19/h1-2,4,6-12,15-18,31H,3,13-14H2,(H,29,30)/b7-6+,28-18?. The van der Waals surface area contributed by atoms with Crippen molar-refractivity contribution < 1.29 is 5.11 Å². The van der Waals surface area contributed by atoms with Crippen LogP contribution in [0.5, 0.6) is 5.75 Å². The minimum absolute atomic E-state index is 0.223. The number of hydrogen-bond acceptors (Lipinski definition) is 4. The van der Waals surface area contributed by atoms with Gasteiger partial charge in [-0.1, -0.05) is 29.8 Å². The molecule has 2 N–H and O–H groups in total.